The Labute approximate surface area is 143 Å². The highest BCUT2D eigenvalue weighted by Crippen LogP contribution is 2.43. The third-order valence-electron chi connectivity index (χ3n) is 4.50. The third-order valence-corrected chi connectivity index (χ3v) is 4.50. The minimum atomic E-state index is -1.08. The molecule has 0 aromatic rings. The molecule has 0 aromatic heterocycles. The van der Waals surface area contributed by atoms with Crippen molar-refractivity contribution in [3.05, 3.63) is 0 Å². The lowest BCUT2D eigenvalue weighted by Crippen LogP contribution is -2.54. The number of carbonyl (C=O) groups is 2. The van der Waals surface area contributed by atoms with Gasteiger partial charge < -0.3 is 19.9 Å². The molecular weight excluding hydrogens is 312 g/mol. The molecule has 1 amide bonds. The van der Waals surface area contributed by atoms with Crippen LogP contribution in [0.4, 0.5) is 0 Å². The van der Waals surface area contributed by atoms with Gasteiger partial charge in [0.15, 0.2) is 0 Å². The maximum atomic E-state index is 12.5. The zero-order valence-electron chi connectivity index (χ0n) is 15.0. The first-order valence-corrected chi connectivity index (χ1v) is 8.73. The standard InChI is InChI=1S/C17H30N2O5/c1-16(2,3)24-15(22)17(5-4-6-17)14(21)18-11-13(20)12-19-7-9-23-10-8-19/h13,20H,4-12H2,1-3H3,(H,18,21). The van der Waals surface area contributed by atoms with Crippen LogP contribution in [-0.4, -0.2) is 73.0 Å². The fraction of sp³-hybridized carbons (Fsp3) is 0.882. The summed E-state index contributed by atoms with van der Waals surface area (Å²) in [5, 5.41) is 12.9. The number of ether oxygens (including phenoxy) is 2. The highest BCUT2D eigenvalue weighted by Gasteiger charge is 2.53. The number of rotatable bonds is 6. The highest BCUT2D eigenvalue weighted by molar-refractivity contribution is 6.03. The van der Waals surface area contributed by atoms with E-state index in [2.05, 4.69) is 10.2 Å². The number of aliphatic hydroxyl groups is 1. The largest absolute Gasteiger partial charge is 0.459 e. The van der Waals surface area contributed by atoms with Crippen LogP contribution in [0.1, 0.15) is 40.0 Å². The van der Waals surface area contributed by atoms with Crippen LogP contribution >= 0.6 is 0 Å². The predicted molar refractivity (Wildman–Crippen MR) is 88.4 cm³/mol. The molecule has 1 unspecified atom stereocenters. The highest BCUT2D eigenvalue weighted by atomic mass is 16.6. The Morgan fingerprint density at radius 3 is 2.42 bits per heavy atom. The summed E-state index contributed by atoms with van der Waals surface area (Å²) in [7, 11) is 0. The van der Waals surface area contributed by atoms with Gasteiger partial charge in [-0.1, -0.05) is 6.42 Å². The summed E-state index contributed by atoms with van der Waals surface area (Å²) in [4.78, 5) is 27.0. The zero-order chi connectivity index (χ0) is 17.8. The fourth-order valence-corrected chi connectivity index (χ4v) is 2.96. The number of aliphatic hydroxyl groups excluding tert-OH is 1. The van der Waals surface area contributed by atoms with Gasteiger partial charge in [0.25, 0.3) is 0 Å². The van der Waals surface area contributed by atoms with Crippen molar-refractivity contribution in [2.75, 3.05) is 39.4 Å². The Balaban J connectivity index is 1.82. The molecule has 0 spiro atoms. The van der Waals surface area contributed by atoms with E-state index in [0.29, 0.717) is 32.6 Å². The topological polar surface area (TPSA) is 88.1 Å². The number of hydrogen-bond donors (Lipinski definition) is 2. The predicted octanol–water partition coefficient (Wildman–Crippen LogP) is 0.308. The molecule has 1 saturated heterocycles. The Bertz CT molecular complexity index is 450. The summed E-state index contributed by atoms with van der Waals surface area (Å²) < 4.78 is 10.7. The van der Waals surface area contributed by atoms with Crippen LogP contribution in [-0.2, 0) is 19.1 Å². The first-order chi connectivity index (χ1) is 11.2. The third kappa shape index (κ3) is 4.91. The van der Waals surface area contributed by atoms with Gasteiger partial charge in [-0.3, -0.25) is 14.5 Å². The van der Waals surface area contributed by atoms with E-state index < -0.39 is 23.1 Å². The number of carbonyl (C=O) groups excluding carboxylic acids is 2. The summed E-state index contributed by atoms with van der Waals surface area (Å²) in [6, 6.07) is 0. The summed E-state index contributed by atoms with van der Waals surface area (Å²) in [5.41, 5.74) is -1.69. The van der Waals surface area contributed by atoms with Gasteiger partial charge in [0, 0.05) is 26.2 Å². The van der Waals surface area contributed by atoms with Crippen LogP contribution in [0.15, 0.2) is 0 Å². The van der Waals surface area contributed by atoms with Crippen LogP contribution < -0.4 is 5.32 Å². The van der Waals surface area contributed by atoms with E-state index in [1.807, 2.05) is 0 Å². The first-order valence-electron chi connectivity index (χ1n) is 8.73. The molecule has 1 heterocycles. The van der Waals surface area contributed by atoms with Crippen LogP contribution in [0.2, 0.25) is 0 Å². The molecule has 7 heteroatoms. The number of hydrogen-bond acceptors (Lipinski definition) is 6. The number of nitrogens with zero attached hydrogens (tertiary/aromatic N) is 1. The lowest BCUT2D eigenvalue weighted by molar-refractivity contribution is -0.177. The lowest BCUT2D eigenvalue weighted by atomic mass is 9.68. The van der Waals surface area contributed by atoms with E-state index in [-0.39, 0.29) is 12.5 Å². The van der Waals surface area contributed by atoms with Crippen LogP contribution in [0.3, 0.4) is 0 Å². The maximum absolute atomic E-state index is 12.5. The minimum Gasteiger partial charge on any atom is -0.459 e. The fourth-order valence-electron chi connectivity index (χ4n) is 2.96. The van der Waals surface area contributed by atoms with Crippen molar-refractivity contribution in [2.45, 2.75) is 51.7 Å². The molecule has 0 bridgehead atoms. The summed E-state index contributed by atoms with van der Waals surface area (Å²) in [6.45, 7) is 8.91. The summed E-state index contributed by atoms with van der Waals surface area (Å²) >= 11 is 0. The van der Waals surface area contributed by atoms with E-state index >= 15 is 0 Å². The van der Waals surface area contributed by atoms with E-state index in [0.717, 1.165) is 19.5 Å². The molecule has 7 nitrogen and oxygen atoms in total. The second-order valence-electron chi connectivity index (χ2n) is 7.71. The van der Waals surface area contributed by atoms with E-state index in [1.165, 1.54) is 0 Å². The molecule has 24 heavy (non-hydrogen) atoms. The van der Waals surface area contributed by atoms with Gasteiger partial charge in [0.2, 0.25) is 5.91 Å². The average molecular weight is 342 g/mol. The van der Waals surface area contributed by atoms with Crippen molar-refractivity contribution in [3.63, 3.8) is 0 Å². The minimum absolute atomic E-state index is 0.140. The molecule has 1 aliphatic heterocycles. The van der Waals surface area contributed by atoms with E-state index in [9.17, 15) is 14.7 Å². The second kappa shape index (κ2) is 7.80. The van der Waals surface area contributed by atoms with E-state index in [4.69, 9.17) is 9.47 Å². The first kappa shape index (κ1) is 19.1. The van der Waals surface area contributed by atoms with Gasteiger partial charge in [-0.25, -0.2) is 0 Å². The molecule has 2 fully saturated rings. The SMILES string of the molecule is CC(C)(C)OC(=O)C1(C(=O)NCC(O)CN2CCOCC2)CCC1. The van der Waals surface area contributed by atoms with Crippen molar-refractivity contribution in [1.29, 1.82) is 0 Å². The summed E-state index contributed by atoms with van der Waals surface area (Å²) in [6.07, 6.45) is 1.19. The van der Waals surface area contributed by atoms with Crippen molar-refractivity contribution < 1.29 is 24.2 Å². The molecule has 1 saturated carbocycles. The number of β-amino-alcohol motifs (C(OH)–C–C–N with tert-alkyl or cyclic N) is 1. The Kier molecular flexibility index (Phi) is 6.22. The van der Waals surface area contributed by atoms with Gasteiger partial charge in [0.05, 0.1) is 19.3 Å². The maximum Gasteiger partial charge on any atom is 0.322 e. The smallest absolute Gasteiger partial charge is 0.322 e. The van der Waals surface area contributed by atoms with Crippen molar-refractivity contribution >= 4 is 11.9 Å². The molecule has 1 atom stereocenters. The Hall–Kier alpha value is -1.18. The number of esters is 1. The van der Waals surface area contributed by atoms with Crippen LogP contribution in [0, 0.1) is 5.41 Å². The molecule has 138 valence electrons. The molecule has 0 radical (unpaired) electrons. The van der Waals surface area contributed by atoms with Gasteiger partial charge >= 0.3 is 5.97 Å². The van der Waals surface area contributed by atoms with Crippen molar-refractivity contribution in [2.24, 2.45) is 5.41 Å². The Morgan fingerprint density at radius 1 is 1.29 bits per heavy atom. The zero-order valence-corrected chi connectivity index (χ0v) is 15.0. The molecular formula is C17H30N2O5. The number of nitrogens with one attached hydrogen (secondary N) is 1. The lowest BCUT2D eigenvalue weighted by Gasteiger charge is -2.39. The van der Waals surface area contributed by atoms with Crippen LogP contribution in [0.25, 0.3) is 0 Å². The van der Waals surface area contributed by atoms with Gasteiger partial charge in [0.1, 0.15) is 11.0 Å². The summed E-state index contributed by atoms with van der Waals surface area (Å²) in [5.74, 6) is -0.787. The normalized spacial score (nSPS) is 22.3. The number of amides is 1. The van der Waals surface area contributed by atoms with Gasteiger partial charge in [-0.15, -0.1) is 0 Å². The monoisotopic (exact) mass is 342 g/mol. The molecule has 0 aromatic carbocycles. The van der Waals surface area contributed by atoms with Crippen molar-refractivity contribution in [1.82, 2.24) is 10.2 Å². The Morgan fingerprint density at radius 2 is 1.92 bits per heavy atom. The van der Waals surface area contributed by atoms with Gasteiger partial charge in [-0.2, -0.15) is 0 Å². The molecule has 2 N–H and O–H groups in total. The average Bonchev–Trinajstić information content (AvgIpc) is 2.43. The van der Waals surface area contributed by atoms with Crippen LogP contribution in [0.5, 0.6) is 0 Å². The quantitative estimate of drug-likeness (QED) is 0.533. The van der Waals surface area contributed by atoms with Gasteiger partial charge in [-0.05, 0) is 33.6 Å². The molecule has 1 aliphatic carbocycles. The number of morpholine rings is 1. The van der Waals surface area contributed by atoms with E-state index in [1.54, 1.807) is 20.8 Å². The second-order valence-corrected chi connectivity index (χ2v) is 7.71. The molecule has 2 aliphatic rings. The van der Waals surface area contributed by atoms with Crippen molar-refractivity contribution in [3.8, 4) is 0 Å². The molecule has 2 rings (SSSR count).